The fourth-order valence-corrected chi connectivity index (χ4v) is 2.76. The molecule has 0 spiro atoms. The van der Waals surface area contributed by atoms with Crippen molar-refractivity contribution >= 4 is 11.6 Å². The van der Waals surface area contributed by atoms with Gasteiger partial charge in [-0.15, -0.1) is 0 Å². The lowest BCUT2D eigenvalue weighted by Gasteiger charge is -2.36. The number of aryl methyl sites for hydroxylation is 1. The summed E-state index contributed by atoms with van der Waals surface area (Å²) in [5, 5.41) is 2.91. The van der Waals surface area contributed by atoms with Crippen LogP contribution in [0.5, 0.6) is 5.75 Å². The Kier molecular flexibility index (Phi) is 5.25. The van der Waals surface area contributed by atoms with Gasteiger partial charge in [0.2, 0.25) is 5.91 Å². The fourth-order valence-electron chi connectivity index (χ4n) is 2.76. The first kappa shape index (κ1) is 18.4. The number of anilines is 1. The molecule has 5 nitrogen and oxygen atoms in total. The molecule has 1 heterocycles. The Bertz CT molecular complexity index is 800. The minimum atomic E-state index is -0.867. The van der Waals surface area contributed by atoms with E-state index in [9.17, 15) is 9.18 Å². The number of halogens is 1. The lowest BCUT2D eigenvalue weighted by Crippen LogP contribution is -2.45. The van der Waals surface area contributed by atoms with E-state index in [1.807, 2.05) is 13.0 Å². The molecule has 0 unspecified atom stereocenters. The third-order valence-corrected chi connectivity index (χ3v) is 4.50. The van der Waals surface area contributed by atoms with E-state index < -0.39 is 11.7 Å². The predicted octanol–water partition coefficient (Wildman–Crippen LogP) is 3.83. The highest BCUT2D eigenvalue weighted by atomic mass is 19.1. The first-order chi connectivity index (χ1) is 12.4. The van der Waals surface area contributed by atoms with Gasteiger partial charge in [0.15, 0.2) is 6.29 Å². The number of hydrogen-bond donors (Lipinski definition) is 1. The molecule has 1 N–H and O–H groups in total. The highest BCUT2D eigenvalue weighted by molar-refractivity contribution is 5.96. The number of carbonyl (C=O) groups is 1. The van der Waals surface area contributed by atoms with Crippen LogP contribution in [0.4, 0.5) is 10.1 Å². The fraction of sp³-hybridized carbons (Fsp3) is 0.350. The van der Waals surface area contributed by atoms with E-state index >= 15 is 0 Å². The molecular weight excluding hydrogens is 337 g/mol. The zero-order valence-electron chi connectivity index (χ0n) is 15.0. The van der Waals surface area contributed by atoms with Crippen LogP contribution in [0.1, 0.15) is 24.3 Å². The molecular formula is C20H22FNO4. The van der Waals surface area contributed by atoms with Gasteiger partial charge < -0.3 is 19.5 Å². The standard InChI is InChI=1S/C20H22FNO4/c1-13-10-14(24-3)8-9-17(13)22-19(23)20(2)11-25-18(26-12-20)15-6-4-5-7-16(15)21/h4-10,18H,11-12H2,1-3H3,(H,22,23). The molecule has 0 aliphatic carbocycles. The molecule has 2 aromatic carbocycles. The van der Waals surface area contributed by atoms with Gasteiger partial charge in [-0.25, -0.2) is 4.39 Å². The second-order valence-electron chi connectivity index (χ2n) is 6.67. The zero-order chi connectivity index (χ0) is 18.7. The summed E-state index contributed by atoms with van der Waals surface area (Å²) in [4.78, 5) is 12.7. The number of hydrogen-bond acceptors (Lipinski definition) is 4. The maximum Gasteiger partial charge on any atom is 0.235 e. The highest BCUT2D eigenvalue weighted by Gasteiger charge is 2.40. The summed E-state index contributed by atoms with van der Waals surface area (Å²) in [6.45, 7) is 3.92. The summed E-state index contributed by atoms with van der Waals surface area (Å²) in [5.74, 6) is 0.126. The highest BCUT2D eigenvalue weighted by Crippen LogP contribution is 2.34. The van der Waals surface area contributed by atoms with E-state index in [1.165, 1.54) is 6.07 Å². The van der Waals surface area contributed by atoms with Gasteiger partial charge in [0, 0.05) is 11.3 Å². The summed E-state index contributed by atoms with van der Waals surface area (Å²) in [6, 6.07) is 11.7. The van der Waals surface area contributed by atoms with Crippen molar-refractivity contribution in [2.24, 2.45) is 5.41 Å². The van der Waals surface area contributed by atoms with Crippen molar-refractivity contribution < 1.29 is 23.4 Å². The average molecular weight is 359 g/mol. The van der Waals surface area contributed by atoms with Crippen LogP contribution in [0, 0.1) is 18.2 Å². The summed E-state index contributed by atoms with van der Waals surface area (Å²) in [7, 11) is 1.59. The van der Waals surface area contributed by atoms with Crippen molar-refractivity contribution in [3.05, 3.63) is 59.4 Å². The van der Waals surface area contributed by atoms with Gasteiger partial charge in [0.1, 0.15) is 11.6 Å². The maximum atomic E-state index is 13.9. The van der Waals surface area contributed by atoms with Crippen LogP contribution in [0.15, 0.2) is 42.5 Å². The zero-order valence-corrected chi connectivity index (χ0v) is 15.0. The maximum absolute atomic E-state index is 13.9. The smallest absolute Gasteiger partial charge is 0.235 e. The van der Waals surface area contributed by atoms with Gasteiger partial charge in [0.25, 0.3) is 0 Å². The van der Waals surface area contributed by atoms with Crippen molar-refractivity contribution in [1.82, 2.24) is 0 Å². The SMILES string of the molecule is COc1ccc(NC(=O)C2(C)COC(c3ccccc3F)OC2)c(C)c1. The molecule has 1 aliphatic heterocycles. The van der Waals surface area contributed by atoms with Crippen LogP contribution in [0.25, 0.3) is 0 Å². The van der Waals surface area contributed by atoms with E-state index in [1.54, 1.807) is 44.4 Å². The molecule has 0 atom stereocenters. The molecule has 3 rings (SSSR count). The van der Waals surface area contributed by atoms with Crippen molar-refractivity contribution in [2.45, 2.75) is 20.1 Å². The van der Waals surface area contributed by atoms with E-state index in [4.69, 9.17) is 14.2 Å². The Morgan fingerprint density at radius 3 is 2.54 bits per heavy atom. The third-order valence-electron chi connectivity index (χ3n) is 4.50. The summed E-state index contributed by atoms with van der Waals surface area (Å²) < 4.78 is 30.3. The molecule has 6 heteroatoms. The number of methoxy groups -OCH3 is 1. The molecule has 0 bridgehead atoms. The molecule has 1 fully saturated rings. The number of amides is 1. The topological polar surface area (TPSA) is 56.8 Å². The molecule has 2 aromatic rings. The molecule has 1 aliphatic rings. The molecule has 138 valence electrons. The summed E-state index contributed by atoms with van der Waals surface area (Å²) in [6.07, 6.45) is -0.806. The van der Waals surface area contributed by atoms with Crippen LogP contribution >= 0.6 is 0 Å². The number of benzene rings is 2. The largest absolute Gasteiger partial charge is 0.497 e. The minimum absolute atomic E-state index is 0.132. The Balaban J connectivity index is 1.66. The van der Waals surface area contributed by atoms with Crippen LogP contribution in [-0.2, 0) is 14.3 Å². The number of ether oxygens (including phenoxy) is 3. The summed E-state index contributed by atoms with van der Waals surface area (Å²) >= 11 is 0. The van der Waals surface area contributed by atoms with Gasteiger partial charge in [-0.1, -0.05) is 18.2 Å². The quantitative estimate of drug-likeness (QED) is 0.901. The minimum Gasteiger partial charge on any atom is -0.497 e. The van der Waals surface area contributed by atoms with Crippen LogP contribution in [0.3, 0.4) is 0 Å². The number of rotatable bonds is 4. The lowest BCUT2D eigenvalue weighted by molar-refractivity contribution is -0.227. The molecule has 26 heavy (non-hydrogen) atoms. The normalized spacial score (nSPS) is 22.7. The molecule has 0 aromatic heterocycles. The Labute approximate surface area is 152 Å². The van der Waals surface area contributed by atoms with Gasteiger partial charge in [-0.05, 0) is 43.7 Å². The lowest BCUT2D eigenvalue weighted by atomic mass is 9.90. The molecule has 1 amide bonds. The van der Waals surface area contributed by atoms with Crippen LogP contribution in [-0.4, -0.2) is 26.2 Å². The van der Waals surface area contributed by atoms with Gasteiger partial charge in [-0.2, -0.15) is 0 Å². The van der Waals surface area contributed by atoms with E-state index in [-0.39, 0.29) is 24.9 Å². The van der Waals surface area contributed by atoms with E-state index in [2.05, 4.69) is 5.32 Å². The van der Waals surface area contributed by atoms with E-state index in [0.717, 1.165) is 11.3 Å². The van der Waals surface area contributed by atoms with E-state index in [0.29, 0.717) is 11.3 Å². The molecule has 0 saturated carbocycles. The average Bonchev–Trinajstić information content (AvgIpc) is 2.64. The van der Waals surface area contributed by atoms with Crippen LogP contribution < -0.4 is 10.1 Å². The number of carbonyl (C=O) groups excluding carboxylic acids is 1. The van der Waals surface area contributed by atoms with Crippen molar-refractivity contribution in [3.63, 3.8) is 0 Å². The van der Waals surface area contributed by atoms with Gasteiger partial charge in [0.05, 0.1) is 25.7 Å². The Hall–Kier alpha value is -2.44. The molecule has 0 radical (unpaired) electrons. The predicted molar refractivity (Wildman–Crippen MR) is 95.5 cm³/mol. The Morgan fingerprint density at radius 1 is 1.23 bits per heavy atom. The third kappa shape index (κ3) is 3.71. The monoisotopic (exact) mass is 359 g/mol. The Morgan fingerprint density at radius 2 is 1.92 bits per heavy atom. The number of nitrogens with one attached hydrogen (secondary N) is 1. The van der Waals surface area contributed by atoms with Gasteiger partial charge in [-0.3, -0.25) is 4.79 Å². The first-order valence-corrected chi connectivity index (χ1v) is 8.37. The second-order valence-corrected chi connectivity index (χ2v) is 6.67. The van der Waals surface area contributed by atoms with Crippen molar-refractivity contribution in [3.8, 4) is 5.75 Å². The van der Waals surface area contributed by atoms with Crippen LogP contribution in [0.2, 0.25) is 0 Å². The van der Waals surface area contributed by atoms with Crippen molar-refractivity contribution in [2.75, 3.05) is 25.6 Å². The first-order valence-electron chi connectivity index (χ1n) is 8.37. The van der Waals surface area contributed by atoms with Crippen molar-refractivity contribution in [1.29, 1.82) is 0 Å². The van der Waals surface area contributed by atoms with Gasteiger partial charge >= 0.3 is 0 Å². The molecule has 1 saturated heterocycles. The summed E-state index contributed by atoms with van der Waals surface area (Å²) in [5.41, 5.74) is 1.06. The second kappa shape index (κ2) is 7.43.